The molecule has 2 N–H and O–H groups in total. The van der Waals surface area contributed by atoms with Crippen LogP contribution < -0.4 is 5.56 Å². The Hall–Kier alpha value is -1.82. The number of hydrogen-bond acceptors (Lipinski definition) is 4. The van der Waals surface area contributed by atoms with Crippen molar-refractivity contribution in [2.45, 2.75) is 6.92 Å². The van der Waals surface area contributed by atoms with E-state index >= 15 is 0 Å². The molecule has 0 bridgehead atoms. The van der Waals surface area contributed by atoms with Crippen LogP contribution in [-0.2, 0) is 7.05 Å². The lowest BCUT2D eigenvalue weighted by atomic mass is 10.1. The first-order chi connectivity index (χ1) is 7.45. The number of aromatic hydroxyl groups is 1. The maximum Gasteiger partial charge on any atom is 0.345 e. The molecule has 0 amide bonds. The van der Waals surface area contributed by atoms with Gasteiger partial charge in [0.1, 0.15) is 5.75 Å². The second-order valence-corrected chi connectivity index (χ2v) is 4.53. The molecular weight excluding hydrogens is 230 g/mol. The summed E-state index contributed by atoms with van der Waals surface area (Å²) in [6, 6.07) is 0. The van der Waals surface area contributed by atoms with Gasteiger partial charge in [-0.15, -0.1) is 11.3 Å². The highest BCUT2D eigenvalue weighted by atomic mass is 32.1. The average molecular weight is 239 g/mol. The van der Waals surface area contributed by atoms with Gasteiger partial charge in [-0.1, -0.05) is 0 Å². The molecule has 2 rings (SSSR count). The van der Waals surface area contributed by atoms with Crippen LogP contribution in [0.15, 0.2) is 10.2 Å². The number of hydrogen-bond donors (Lipinski definition) is 2. The zero-order valence-electron chi connectivity index (χ0n) is 8.64. The van der Waals surface area contributed by atoms with Gasteiger partial charge in [0.2, 0.25) is 0 Å². The van der Waals surface area contributed by atoms with Crippen LogP contribution in [0.2, 0.25) is 0 Å². The number of aromatic nitrogens is 1. The minimum atomic E-state index is -1.41. The van der Waals surface area contributed by atoms with Crippen molar-refractivity contribution in [2.24, 2.45) is 7.05 Å². The Bertz CT molecular complexity index is 653. The third kappa shape index (κ3) is 1.23. The second-order valence-electron chi connectivity index (χ2n) is 3.45. The molecule has 0 aliphatic rings. The van der Waals surface area contributed by atoms with Crippen molar-refractivity contribution >= 4 is 28.2 Å². The molecule has 0 aliphatic carbocycles. The lowest BCUT2D eigenvalue weighted by molar-refractivity contribution is 0.0691. The smallest absolute Gasteiger partial charge is 0.345 e. The normalized spacial score (nSPS) is 10.9. The summed E-state index contributed by atoms with van der Waals surface area (Å²) in [5, 5.41) is 20.7. The predicted molar refractivity (Wildman–Crippen MR) is 60.4 cm³/mol. The van der Waals surface area contributed by atoms with E-state index in [1.54, 1.807) is 5.38 Å². The Balaban J connectivity index is 3.08. The molecule has 0 radical (unpaired) electrons. The van der Waals surface area contributed by atoms with E-state index < -0.39 is 22.8 Å². The first-order valence-electron chi connectivity index (χ1n) is 4.48. The molecule has 0 spiro atoms. The van der Waals surface area contributed by atoms with Crippen molar-refractivity contribution in [3.8, 4) is 5.75 Å². The van der Waals surface area contributed by atoms with E-state index in [4.69, 9.17) is 5.11 Å². The van der Waals surface area contributed by atoms with Crippen molar-refractivity contribution in [3.63, 3.8) is 0 Å². The van der Waals surface area contributed by atoms with Crippen molar-refractivity contribution in [1.82, 2.24) is 4.57 Å². The Morgan fingerprint density at radius 3 is 2.69 bits per heavy atom. The molecule has 0 fully saturated rings. The van der Waals surface area contributed by atoms with Gasteiger partial charge in [-0.3, -0.25) is 4.79 Å². The molecule has 5 nitrogen and oxygen atoms in total. The van der Waals surface area contributed by atoms with Gasteiger partial charge >= 0.3 is 5.97 Å². The highest BCUT2D eigenvalue weighted by Crippen LogP contribution is 2.32. The summed E-state index contributed by atoms with van der Waals surface area (Å²) in [4.78, 5) is 23.5. The van der Waals surface area contributed by atoms with Crippen LogP contribution in [-0.4, -0.2) is 20.7 Å². The monoisotopic (exact) mass is 239 g/mol. The second kappa shape index (κ2) is 3.34. The van der Waals surface area contributed by atoms with E-state index in [0.29, 0.717) is 10.9 Å². The number of fused-ring (bicyclic) bond motifs is 1. The summed E-state index contributed by atoms with van der Waals surface area (Å²) in [6.07, 6.45) is 0. The molecule has 0 saturated carbocycles. The van der Waals surface area contributed by atoms with Gasteiger partial charge in [0.05, 0.1) is 10.9 Å². The minimum absolute atomic E-state index is 0.405. The number of carbonyl (C=O) groups is 1. The van der Waals surface area contributed by atoms with Gasteiger partial charge in [0.25, 0.3) is 5.56 Å². The van der Waals surface area contributed by atoms with Crippen LogP contribution in [0.3, 0.4) is 0 Å². The number of pyridine rings is 1. The van der Waals surface area contributed by atoms with E-state index in [1.807, 2.05) is 6.92 Å². The molecule has 16 heavy (non-hydrogen) atoms. The quantitative estimate of drug-likeness (QED) is 0.786. The Morgan fingerprint density at radius 2 is 2.12 bits per heavy atom. The third-order valence-corrected chi connectivity index (χ3v) is 3.40. The zero-order chi connectivity index (χ0) is 12.0. The maximum absolute atomic E-state index is 11.7. The van der Waals surface area contributed by atoms with Crippen LogP contribution in [0, 0.1) is 6.92 Å². The predicted octanol–water partition coefficient (Wildman–Crippen LogP) is 1.31. The average Bonchev–Trinajstić information content (AvgIpc) is 2.57. The highest BCUT2D eigenvalue weighted by molar-refractivity contribution is 7.11. The van der Waals surface area contributed by atoms with E-state index in [2.05, 4.69) is 0 Å². The third-order valence-electron chi connectivity index (χ3n) is 2.50. The van der Waals surface area contributed by atoms with E-state index in [-0.39, 0.29) is 0 Å². The molecule has 0 saturated heterocycles. The fourth-order valence-electron chi connectivity index (χ4n) is 1.73. The van der Waals surface area contributed by atoms with Gasteiger partial charge in [0, 0.05) is 17.3 Å². The zero-order valence-corrected chi connectivity index (χ0v) is 9.46. The summed E-state index contributed by atoms with van der Waals surface area (Å²) in [5.74, 6) is -1.86. The van der Waals surface area contributed by atoms with Crippen LogP contribution in [0.25, 0.3) is 10.9 Å². The fourth-order valence-corrected chi connectivity index (χ4v) is 2.61. The number of carboxylic acids is 1. The standard InChI is InChI=1S/C10H9NO4S/c1-4-7-5(3-16-4)8(12)6(10(14)15)9(13)11(7)2/h3,12H,1-2H3,(H,14,15). The molecule has 84 valence electrons. The first kappa shape index (κ1) is 10.7. The molecule has 0 aliphatic heterocycles. The van der Waals surface area contributed by atoms with E-state index in [0.717, 1.165) is 4.88 Å². The summed E-state index contributed by atoms with van der Waals surface area (Å²) >= 11 is 1.36. The number of rotatable bonds is 1. The van der Waals surface area contributed by atoms with Crippen molar-refractivity contribution in [1.29, 1.82) is 0 Å². The van der Waals surface area contributed by atoms with E-state index in [9.17, 15) is 14.7 Å². The Morgan fingerprint density at radius 1 is 1.50 bits per heavy atom. The van der Waals surface area contributed by atoms with Crippen molar-refractivity contribution in [3.05, 3.63) is 26.2 Å². The minimum Gasteiger partial charge on any atom is -0.506 e. The van der Waals surface area contributed by atoms with Gasteiger partial charge in [0.15, 0.2) is 5.56 Å². The van der Waals surface area contributed by atoms with Crippen LogP contribution >= 0.6 is 11.3 Å². The number of thiophene rings is 1. The van der Waals surface area contributed by atoms with Gasteiger partial charge in [-0.05, 0) is 6.92 Å². The molecule has 2 aromatic rings. The molecule has 0 atom stereocenters. The van der Waals surface area contributed by atoms with Crippen molar-refractivity contribution < 1.29 is 15.0 Å². The van der Waals surface area contributed by atoms with Crippen LogP contribution in [0.1, 0.15) is 15.2 Å². The lowest BCUT2D eigenvalue weighted by Crippen LogP contribution is -2.24. The molecule has 0 unspecified atom stereocenters. The number of aromatic carboxylic acids is 1. The number of aryl methyl sites for hydroxylation is 2. The van der Waals surface area contributed by atoms with Crippen molar-refractivity contribution in [2.75, 3.05) is 0 Å². The fraction of sp³-hybridized carbons (Fsp3) is 0.200. The summed E-state index contributed by atoms with van der Waals surface area (Å²) < 4.78 is 1.25. The summed E-state index contributed by atoms with van der Waals surface area (Å²) in [7, 11) is 1.50. The van der Waals surface area contributed by atoms with Gasteiger partial charge in [-0.25, -0.2) is 4.79 Å². The van der Waals surface area contributed by atoms with E-state index in [1.165, 1.54) is 23.0 Å². The summed E-state index contributed by atoms with van der Waals surface area (Å²) in [5.41, 5.74) is -0.690. The maximum atomic E-state index is 11.7. The Kier molecular flexibility index (Phi) is 2.23. The van der Waals surface area contributed by atoms with Gasteiger partial charge in [-0.2, -0.15) is 0 Å². The van der Waals surface area contributed by atoms with Crippen LogP contribution in [0.4, 0.5) is 0 Å². The number of nitrogens with zero attached hydrogens (tertiary/aromatic N) is 1. The lowest BCUT2D eigenvalue weighted by Gasteiger charge is -2.06. The molecular formula is C10H9NO4S. The molecule has 2 heterocycles. The molecule has 6 heteroatoms. The first-order valence-corrected chi connectivity index (χ1v) is 5.36. The highest BCUT2D eigenvalue weighted by Gasteiger charge is 2.21. The van der Waals surface area contributed by atoms with Gasteiger partial charge < -0.3 is 14.8 Å². The topological polar surface area (TPSA) is 79.5 Å². The molecule has 0 aromatic carbocycles. The largest absolute Gasteiger partial charge is 0.506 e. The van der Waals surface area contributed by atoms with Crippen LogP contribution in [0.5, 0.6) is 5.75 Å². The SMILES string of the molecule is Cc1scc2c(O)c(C(=O)O)c(=O)n(C)c12. The Labute approximate surface area is 94.2 Å². The number of carboxylic acid groups (broad SMARTS) is 1. The molecule has 2 aromatic heterocycles. The summed E-state index contributed by atoms with van der Waals surface area (Å²) in [6.45, 7) is 1.81.